The van der Waals surface area contributed by atoms with Gasteiger partial charge < -0.3 is 10.4 Å². The molecule has 2 N–H and O–H groups in total. The molecular weight excluding hydrogens is 275 g/mol. The van der Waals surface area contributed by atoms with Gasteiger partial charge in [0, 0.05) is 35.6 Å². The summed E-state index contributed by atoms with van der Waals surface area (Å²) in [4.78, 5) is 10.5. The molecule has 100 valence electrons. The standard InChI is InChI=1S/C9H14F3NO2S2/c10-9(11,12)7(8(14)15)4-13-3-6-5-16-1-2-17-6/h6-7,13H,1-5H2,(H,14,15). The van der Waals surface area contributed by atoms with E-state index in [4.69, 9.17) is 5.11 Å². The molecule has 0 bridgehead atoms. The van der Waals surface area contributed by atoms with E-state index in [0.29, 0.717) is 6.54 Å². The van der Waals surface area contributed by atoms with Crippen LogP contribution in [0.1, 0.15) is 0 Å². The predicted molar refractivity (Wildman–Crippen MR) is 63.6 cm³/mol. The summed E-state index contributed by atoms with van der Waals surface area (Å²) in [5.74, 6) is -1.17. The van der Waals surface area contributed by atoms with Crippen molar-refractivity contribution >= 4 is 29.5 Å². The maximum atomic E-state index is 12.3. The van der Waals surface area contributed by atoms with Crippen molar-refractivity contribution in [3.63, 3.8) is 0 Å². The number of carbonyl (C=O) groups is 1. The molecule has 1 saturated heterocycles. The average Bonchev–Trinajstić information content (AvgIpc) is 2.23. The molecule has 0 aromatic carbocycles. The van der Waals surface area contributed by atoms with E-state index in [1.165, 1.54) is 0 Å². The van der Waals surface area contributed by atoms with Crippen LogP contribution in [0, 0.1) is 5.92 Å². The zero-order valence-corrected chi connectivity index (χ0v) is 10.6. The Morgan fingerprint density at radius 1 is 1.47 bits per heavy atom. The van der Waals surface area contributed by atoms with Gasteiger partial charge in [0.2, 0.25) is 0 Å². The van der Waals surface area contributed by atoms with Gasteiger partial charge in [-0.1, -0.05) is 0 Å². The number of carboxylic acids is 1. The Hall–Kier alpha value is -0.0800. The van der Waals surface area contributed by atoms with Gasteiger partial charge in [-0.2, -0.15) is 36.7 Å². The molecule has 1 rings (SSSR count). The van der Waals surface area contributed by atoms with Crippen LogP contribution in [0.4, 0.5) is 13.2 Å². The molecule has 0 radical (unpaired) electrons. The van der Waals surface area contributed by atoms with Crippen LogP contribution in [0.15, 0.2) is 0 Å². The summed E-state index contributed by atoms with van der Waals surface area (Å²) >= 11 is 3.49. The molecule has 1 fully saturated rings. The second-order valence-corrected chi connectivity index (χ2v) is 6.22. The largest absolute Gasteiger partial charge is 0.481 e. The van der Waals surface area contributed by atoms with Crippen molar-refractivity contribution in [2.75, 3.05) is 30.3 Å². The first kappa shape index (κ1) is 15.0. The van der Waals surface area contributed by atoms with Gasteiger partial charge in [-0.25, -0.2) is 0 Å². The van der Waals surface area contributed by atoms with Gasteiger partial charge in [0.05, 0.1) is 0 Å². The van der Waals surface area contributed by atoms with Crippen molar-refractivity contribution in [3.05, 3.63) is 0 Å². The van der Waals surface area contributed by atoms with Crippen LogP contribution in [0.5, 0.6) is 0 Å². The molecule has 3 nitrogen and oxygen atoms in total. The smallest absolute Gasteiger partial charge is 0.403 e. The van der Waals surface area contributed by atoms with Gasteiger partial charge in [0.1, 0.15) is 0 Å². The number of alkyl halides is 3. The Labute approximate surface area is 106 Å². The van der Waals surface area contributed by atoms with Crippen LogP contribution < -0.4 is 5.32 Å². The zero-order valence-electron chi connectivity index (χ0n) is 9.00. The average molecular weight is 289 g/mol. The number of hydrogen-bond donors (Lipinski definition) is 2. The Bertz CT molecular complexity index is 257. The predicted octanol–water partition coefficient (Wildman–Crippen LogP) is 1.69. The number of carboxylic acid groups (broad SMARTS) is 1. The summed E-state index contributed by atoms with van der Waals surface area (Å²) in [6, 6.07) is 0. The number of rotatable bonds is 5. The SMILES string of the molecule is O=C(O)C(CNCC1CSCCS1)C(F)(F)F. The van der Waals surface area contributed by atoms with E-state index >= 15 is 0 Å². The Balaban J connectivity index is 2.29. The number of aliphatic carboxylic acids is 1. The quantitative estimate of drug-likeness (QED) is 0.806. The van der Waals surface area contributed by atoms with E-state index in [9.17, 15) is 18.0 Å². The van der Waals surface area contributed by atoms with E-state index in [1.54, 1.807) is 23.5 Å². The molecule has 0 saturated carbocycles. The normalized spacial score (nSPS) is 23.4. The van der Waals surface area contributed by atoms with Gasteiger partial charge in [-0.15, -0.1) is 0 Å². The van der Waals surface area contributed by atoms with Gasteiger partial charge in [-0.05, 0) is 0 Å². The van der Waals surface area contributed by atoms with Crippen LogP contribution in [0.25, 0.3) is 0 Å². The summed E-state index contributed by atoms with van der Waals surface area (Å²) in [6.45, 7) is -0.127. The number of thioether (sulfide) groups is 2. The lowest BCUT2D eigenvalue weighted by Gasteiger charge is -2.22. The molecule has 0 aromatic rings. The minimum Gasteiger partial charge on any atom is -0.481 e. The van der Waals surface area contributed by atoms with Crippen molar-refractivity contribution in [1.29, 1.82) is 0 Å². The third kappa shape index (κ3) is 5.39. The lowest BCUT2D eigenvalue weighted by Crippen LogP contribution is -2.41. The van der Waals surface area contributed by atoms with Crippen LogP contribution in [0.2, 0.25) is 0 Å². The second kappa shape index (κ2) is 6.75. The molecular formula is C9H14F3NO2S2. The maximum Gasteiger partial charge on any atom is 0.403 e. The first-order chi connectivity index (χ1) is 7.91. The molecule has 0 aliphatic carbocycles. The van der Waals surface area contributed by atoms with Crippen LogP contribution in [-0.2, 0) is 4.79 Å². The van der Waals surface area contributed by atoms with Gasteiger partial charge in [0.15, 0.2) is 5.92 Å². The summed E-state index contributed by atoms with van der Waals surface area (Å²) in [5.41, 5.74) is 0. The van der Waals surface area contributed by atoms with Crippen molar-refractivity contribution < 1.29 is 23.1 Å². The molecule has 17 heavy (non-hydrogen) atoms. The van der Waals surface area contributed by atoms with Gasteiger partial charge >= 0.3 is 12.1 Å². The Morgan fingerprint density at radius 2 is 2.18 bits per heavy atom. The molecule has 1 heterocycles. The fraction of sp³-hybridized carbons (Fsp3) is 0.889. The molecule has 0 amide bonds. The third-order valence-electron chi connectivity index (χ3n) is 2.30. The lowest BCUT2D eigenvalue weighted by atomic mass is 10.1. The second-order valence-electron chi connectivity index (χ2n) is 3.66. The summed E-state index contributed by atoms with van der Waals surface area (Å²) < 4.78 is 36.9. The number of halogens is 3. The number of hydrogen-bond acceptors (Lipinski definition) is 4. The summed E-state index contributed by atoms with van der Waals surface area (Å²) in [7, 11) is 0. The van der Waals surface area contributed by atoms with Crippen LogP contribution in [-0.4, -0.2) is 52.9 Å². The highest BCUT2D eigenvalue weighted by Gasteiger charge is 2.44. The van der Waals surface area contributed by atoms with Crippen LogP contribution in [0.3, 0.4) is 0 Å². The lowest BCUT2D eigenvalue weighted by molar-refractivity contribution is -0.192. The van der Waals surface area contributed by atoms with Gasteiger partial charge in [0.25, 0.3) is 0 Å². The topological polar surface area (TPSA) is 49.3 Å². The van der Waals surface area contributed by atoms with Crippen molar-refractivity contribution in [2.45, 2.75) is 11.4 Å². The van der Waals surface area contributed by atoms with E-state index in [0.717, 1.165) is 17.3 Å². The molecule has 0 spiro atoms. The summed E-state index contributed by atoms with van der Waals surface area (Å²) in [5, 5.41) is 11.4. The molecule has 0 aromatic heterocycles. The highest BCUT2D eigenvalue weighted by atomic mass is 32.2. The zero-order chi connectivity index (χ0) is 12.9. The molecule has 1 aliphatic rings. The van der Waals surface area contributed by atoms with Crippen molar-refractivity contribution in [2.24, 2.45) is 5.92 Å². The number of nitrogens with one attached hydrogen (secondary N) is 1. The molecule has 1 aliphatic heterocycles. The summed E-state index contributed by atoms with van der Waals surface area (Å²) in [6.07, 6.45) is -4.69. The fourth-order valence-corrected chi connectivity index (χ4v) is 4.03. The monoisotopic (exact) mass is 289 g/mol. The van der Waals surface area contributed by atoms with E-state index in [-0.39, 0.29) is 5.25 Å². The first-order valence-corrected chi connectivity index (χ1v) is 7.31. The van der Waals surface area contributed by atoms with E-state index < -0.39 is 24.6 Å². The van der Waals surface area contributed by atoms with E-state index in [1.807, 2.05) is 0 Å². The molecule has 2 atom stereocenters. The highest BCUT2D eigenvalue weighted by Crippen LogP contribution is 2.26. The minimum atomic E-state index is -4.69. The van der Waals surface area contributed by atoms with E-state index in [2.05, 4.69) is 5.32 Å². The first-order valence-electron chi connectivity index (χ1n) is 5.11. The Morgan fingerprint density at radius 3 is 2.65 bits per heavy atom. The Kier molecular flexibility index (Phi) is 5.94. The van der Waals surface area contributed by atoms with Crippen LogP contribution >= 0.6 is 23.5 Å². The maximum absolute atomic E-state index is 12.3. The minimum absolute atomic E-state index is 0.274. The van der Waals surface area contributed by atoms with Crippen molar-refractivity contribution in [1.82, 2.24) is 5.32 Å². The van der Waals surface area contributed by atoms with Gasteiger partial charge in [-0.3, -0.25) is 4.79 Å². The molecule has 8 heteroatoms. The van der Waals surface area contributed by atoms with Crippen molar-refractivity contribution in [3.8, 4) is 0 Å². The third-order valence-corrected chi connectivity index (χ3v) is 5.14. The molecule has 2 unspecified atom stereocenters. The fourth-order valence-electron chi connectivity index (χ4n) is 1.39. The highest BCUT2D eigenvalue weighted by molar-refractivity contribution is 8.06.